The molecule has 0 spiro atoms. The van der Waals surface area contributed by atoms with E-state index in [0.29, 0.717) is 13.2 Å². The van der Waals surface area contributed by atoms with E-state index < -0.39 is 8.17 Å². The molecular weight excluding hydrogens is 527 g/mol. The number of hydrogen-bond donors (Lipinski definition) is 2. The van der Waals surface area contributed by atoms with Crippen LogP contribution in [-0.2, 0) is 9.05 Å². The SMILES string of the molecule is CCCCCCCCCCCCCCCCCCO[P+](O)(O)OCCCCCCCCCCCCCCCCCC. The van der Waals surface area contributed by atoms with Crippen molar-refractivity contribution in [3.63, 3.8) is 0 Å². The molecule has 0 aromatic rings. The first-order chi connectivity index (χ1) is 20.1. The highest BCUT2D eigenvalue weighted by molar-refractivity contribution is 7.54. The summed E-state index contributed by atoms with van der Waals surface area (Å²) in [4.78, 5) is 20.0. The molecule has 0 aliphatic carbocycles. The van der Waals surface area contributed by atoms with Gasteiger partial charge >= 0.3 is 8.17 Å². The fourth-order valence-electron chi connectivity index (χ4n) is 5.70. The molecule has 0 atom stereocenters. The van der Waals surface area contributed by atoms with Crippen molar-refractivity contribution in [2.24, 2.45) is 0 Å². The molecule has 4 nitrogen and oxygen atoms in total. The Labute approximate surface area is 259 Å². The van der Waals surface area contributed by atoms with Crippen molar-refractivity contribution in [3.8, 4) is 0 Å². The summed E-state index contributed by atoms with van der Waals surface area (Å²) in [5.41, 5.74) is 0. The van der Waals surface area contributed by atoms with E-state index in [1.165, 1.54) is 180 Å². The van der Waals surface area contributed by atoms with Crippen molar-refractivity contribution in [1.29, 1.82) is 0 Å². The Morgan fingerprint density at radius 3 is 0.659 bits per heavy atom. The molecule has 0 aromatic carbocycles. The normalized spacial score (nSPS) is 12.0. The largest absolute Gasteiger partial charge is 0.569 e. The monoisotopic (exact) mass is 604 g/mol. The smallest absolute Gasteiger partial charge is 0.168 e. The molecule has 248 valence electrons. The van der Waals surface area contributed by atoms with Gasteiger partial charge in [-0.15, -0.1) is 0 Å². The van der Waals surface area contributed by atoms with Crippen LogP contribution in [0.2, 0.25) is 0 Å². The lowest BCUT2D eigenvalue weighted by molar-refractivity contribution is 0.112. The Hall–Kier alpha value is 0.270. The molecule has 41 heavy (non-hydrogen) atoms. The van der Waals surface area contributed by atoms with Crippen LogP contribution in [0.4, 0.5) is 0 Å². The Morgan fingerprint density at radius 2 is 0.463 bits per heavy atom. The Morgan fingerprint density at radius 1 is 0.293 bits per heavy atom. The van der Waals surface area contributed by atoms with Gasteiger partial charge in [0, 0.05) is 0 Å². The van der Waals surface area contributed by atoms with Crippen LogP contribution >= 0.6 is 8.17 Å². The van der Waals surface area contributed by atoms with E-state index in [-0.39, 0.29) is 0 Å². The summed E-state index contributed by atoms with van der Waals surface area (Å²) < 4.78 is 10.6. The maximum atomic E-state index is 9.99. The molecule has 0 aliphatic rings. The third-order valence-corrected chi connectivity index (χ3v) is 9.55. The predicted molar refractivity (Wildman–Crippen MR) is 182 cm³/mol. The first-order valence-corrected chi connectivity index (χ1v) is 20.3. The van der Waals surface area contributed by atoms with Crippen LogP contribution in [0.1, 0.15) is 219 Å². The summed E-state index contributed by atoms with van der Waals surface area (Å²) in [5.74, 6) is 0. The second-order valence-electron chi connectivity index (χ2n) is 12.8. The van der Waals surface area contributed by atoms with E-state index >= 15 is 0 Å². The summed E-state index contributed by atoms with van der Waals surface area (Å²) in [6.07, 6.45) is 42.6. The van der Waals surface area contributed by atoms with Crippen LogP contribution in [0.5, 0.6) is 0 Å². The van der Waals surface area contributed by atoms with E-state index in [9.17, 15) is 9.79 Å². The molecule has 0 saturated heterocycles. The number of unbranched alkanes of at least 4 members (excludes halogenated alkanes) is 30. The summed E-state index contributed by atoms with van der Waals surface area (Å²) in [5, 5.41) is 0. The molecule has 0 radical (unpaired) electrons. The summed E-state index contributed by atoms with van der Waals surface area (Å²) in [6, 6.07) is 0. The molecular formula is C36H76O4P+. The zero-order chi connectivity index (χ0) is 30.0. The number of hydrogen-bond acceptors (Lipinski definition) is 4. The van der Waals surface area contributed by atoms with Crippen molar-refractivity contribution < 1.29 is 18.8 Å². The third-order valence-electron chi connectivity index (χ3n) is 8.51. The van der Waals surface area contributed by atoms with Crippen LogP contribution < -0.4 is 0 Å². The lowest BCUT2D eigenvalue weighted by Crippen LogP contribution is -2.04. The summed E-state index contributed by atoms with van der Waals surface area (Å²) in [6.45, 7) is 5.34. The Balaban J connectivity index is 3.26. The first kappa shape index (κ1) is 41.3. The lowest BCUT2D eigenvalue weighted by atomic mass is 10.0. The maximum Gasteiger partial charge on any atom is 0.569 e. The highest BCUT2D eigenvalue weighted by Gasteiger charge is 2.38. The quantitative estimate of drug-likeness (QED) is 0.0552. The molecule has 0 heterocycles. The van der Waals surface area contributed by atoms with Crippen molar-refractivity contribution in [2.75, 3.05) is 13.2 Å². The Kier molecular flexibility index (Phi) is 35.0. The van der Waals surface area contributed by atoms with Crippen molar-refractivity contribution >= 4 is 8.17 Å². The van der Waals surface area contributed by atoms with Crippen LogP contribution in [0.3, 0.4) is 0 Å². The Bertz CT molecular complexity index is 434. The average molecular weight is 604 g/mol. The summed E-state index contributed by atoms with van der Waals surface area (Å²) >= 11 is 0. The molecule has 0 bridgehead atoms. The van der Waals surface area contributed by atoms with Gasteiger partial charge in [0.05, 0.1) is 0 Å². The zero-order valence-corrected chi connectivity index (χ0v) is 29.1. The number of rotatable bonds is 36. The van der Waals surface area contributed by atoms with Gasteiger partial charge in [-0.25, -0.2) is 0 Å². The van der Waals surface area contributed by atoms with Crippen LogP contribution in [0.25, 0.3) is 0 Å². The topological polar surface area (TPSA) is 58.9 Å². The minimum absolute atomic E-state index is 0.387. The highest BCUT2D eigenvalue weighted by atomic mass is 31.2. The van der Waals surface area contributed by atoms with Gasteiger partial charge < -0.3 is 0 Å². The van der Waals surface area contributed by atoms with Gasteiger partial charge in [-0.05, 0) is 12.8 Å². The predicted octanol–water partition coefficient (Wildman–Crippen LogP) is 13.2. The minimum atomic E-state index is -3.62. The third kappa shape index (κ3) is 36.4. The second kappa shape index (κ2) is 34.8. The van der Waals surface area contributed by atoms with E-state index in [4.69, 9.17) is 9.05 Å². The summed E-state index contributed by atoms with van der Waals surface area (Å²) in [7, 11) is -3.62. The van der Waals surface area contributed by atoms with Gasteiger partial charge in [-0.3, -0.25) is 0 Å². The van der Waals surface area contributed by atoms with E-state index in [0.717, 1.165) is 25.7 Å². The second-order valence-corrected chi connectivity index (χ2v) is 14.3. The van der Waals surface area contributed by atoms with E-state index in [1.54, 1.807) is 0 Å². The van der Waals surface area contributed by atoms with E-state index in [2.05, 4.69) is 13.8 Å². The zero-order valence-electron chi connectivity index (χ0n) is 28.2. The van der Waals surface area contributed by atoms with Crippen molar-refractivity contribution in [3.05, 3.63) is 0 Å². The molecule has 0 amide bonds. The molecule has 2 N–H and O–H groups in total. The molecule has 0 saturated carbocycles. The van der Waals surface area contributed by atoms with Crippen molar-refractivity contribution in [1.82, 2.24) is 0 Å². The van der Waals surface area contributed by atoms with Crippen LogP contribution in [0.15, 0.2) is 0 Å². The van der Waals surface area contributed by atoms with Crippen LogP contribution in [0, 0.1) is 0 Å². The van der Waals surface area contributed by atoms with Gasteiger partial charge in [-0.1, -0.05) is 206 Å². The van der Waals surface area contributed by atoms with Gasteiger partial charge in [0.25, 0.3) is 0 Å². The van der Waals surface area contributed by atoms with Crippen molar-refractivity contribution in [2.45, 2.75) is 219 Å². The fourth-order valence-corrected chi connectivity index (χ4v) is 6.51. The van der Waals surface area contributed by atoms with Gasteiger partial charge in [0.15, 0.2) is 0 Å². The minimum Gasteiger partial charge on any atom is -0.168 e. The maximum absolute atomic E-state index is 9.99. The van der Waals surface area contributed by atoms with Gasteiger partial charge in [-0.2, -0.15) is 18.8 Å². The average Bonchev–Trinajstić information content (AvgIpc) is 2.96. The lowest BCUT2D eigenvalue weighted by Gasteiger charge is -2.09. The molecule has 0 rings (SSSR count). The van der Waals surface area contributed by atoms with E-state index in [1.807, 2.05) is 0 Å². The first-order valence-electron chi connectivity index (χ1n) is 18.8. The van der Waals surface area contributed by atoms with Crippen LogP contribution in [-0.4, -0.2) is 23.0 Å². The highest BCUT2D eigenvalue weighted by Crippen LogP contribution is 2.52. The molecule has 5 heteroatoms. The van der Waals surface area contributed by atoms with Gasteiger partial charge in [0.2, 0.25) is 0 Å². The molecule has 0 aliphatic heterocycles. The molecule has 0 aromatic heterocycles. The fraction of sp³-hybridized carbons (Fsp3) is 1.00. The molecule has 0 unspecified atom stereocenters. The molecule has 0 fully saturated rings. The van der Waals surface area contributed by atoms with Gasteiger partial charge in [0.1, 0.15) is 13.2 Å². The standard InChI is InChI=1S/C36H76O4P/c1-3-5-7-9-11-13-15-17-19-21-23-25-27-29-31-33-35-39-41(37,38)40-36-34-32-30-28-26-24-22-20-18-16-14-12-10-8-6-4-2/h37-38H,3-36H2,1-2H3/q+1.